The number of methoxy groups -OCH3 is 1. The van der Waals surface area contributed by atoms with Crippen LogP contribution < -0.4 is 20.5 Å². The first-order valence-corrected chi connectivity index (χ1v) is 9.05. The lowest BCUT2D eigenvalue weighted by Crippen LogP contribution is -2.47. The maximum absolute atomic E-state index is 11.9. The second-order valence-corrected chi connectivity index (χ2v) is 6.45. The zero-order chi connectivity index (χ0) is 18.4. The Morgan fingerprint density at radius 1 is 1.15 bits per heavy atom. The number of piperazine rings is 1. The maximum Gasteiger partial charge on any atom is 0.289 e. The zero-order valence-electron chi connectivity index (χ0n) is 15.5. The van der Waals surface area contributed by atoms with Crippen molar-refractivity contribution in [2.24, 2.45) is 7.05 Å². The van der Waals surface area contributed by atoms with E-state index in [0.717, 1.165) is 51.4 Å². The molecule has 1 fully saturated rings. The van der Waals surface area contributed by atoms with Crippen molar-refractivity contribution >= 4 is 11.4 Å². The lowest BCUT2D eigenvalue weighted by molar-refractivity contribution is 0.256. The summed E-state index contributed by atoms with van der Waals surface area (Å²) in [5.74, 6) is 0.934. The molecule has 0 atom stereocenters. The van der Waals surface area contributed by atoms with Gasteiger partial charge in [-0.2, -0.15) is 5.10 Å². The van der Waals surface area contributed by atoms with Crippen LogP contribution in [-0.4, -0.2) is 61.1 Å². The molecule has 1 aromatic carbocycles. The lowest BCUT2D eigenvalue weighted by atomic mass is 10.2. The highest BCUT2D eigenvalue weighted by Crippen LogP contribution is 2.28. The fourth-order valence-electron chi connectivity index (χ4n) is 3.27. The summed E-state index contributed by atoms with van der Waals surface area (Å²) in [5, 5.41) is 7.14. The number of hydrogen-bond acceptors (Lipinski definition) is 6. The molecule has 1 saturated heterocycles. The minimum Gasteiger partial charge on any atom is -0.495 e. The van der Waals surface area contributed by atoms with Gasteiger partial charge in [0.15, 0.2) is 0 Å². The summed E-state index contributed by atoms with van der Waals surface area (Å²) in [7, 11) is 3.38. The van der Waals surface area contributed by atoms with Gasteiger partial charge in [-0.25, -0.2) is 4.68 Å². The monoisotopic (exact) mass is 357 g/mol. The Bertz CT molecular complexity index is 769. The van der Waals surface area contributed by atoms with Crippen LogP contribution in [0.25, 0.3) is 0 Å². The van der Waals surface area contributed by atoms with Crippen LogP contribution in [0, 0.1) is 0 Å². The van der Waals surface area contributed by atoms with Crippen molar-refractivity contribution in [2.75, 3.05) is 56.6 Å². The first-order valence-electron chi connectivity index (χ1n) is 9.05. The van der Waals surface area contributed by atoms with Crippen LogP contribution in [0.3, 0.4) is 0 Å². The standard InChI is InChI=1S/C19H27N5O2/c1-22-19(25)16(8-10-21-22)20-9-5-11-23-12-14-24(15-13-23)17-6-3-4-7-18(17)26-2/h3-4,6-8,10,20H,5,9,11-15H2,1-2H3. The molecule has 140 valence electrons. The van der Waals surface area contributed by atoms with Crippen molar-refractivity contribution in [3.8, 4) is 5.75 Å². The van der Waals surface area contributed by atoms with E-state index in [1.54, 1.807) is 26.4 Å². The van der Waals surface area contributed by atoms with Gasteiger partial charge >= 0.3 is 0 Å². The van der Waals surface area contributed by atoms with Crippen molar-refractivity contribution < 1.29 is 4.74 Å². The van der Waals surface area contributed by atoms with Gasteiger partial charge in [0.05, 0.1) is 12.8 Å². The van der Waals surface area contributed by atoms with Gasteiger partial charge in [0, 0.05) is 46.0 Å². The number of aromatic nitrogens is 2. The van der Waals surface area contributed by atoms with Gasteiger partial charge in [0.25, 0.3) is 5.56 Å². The summed E-state index contributed by atoms with van der Waals surface area (Å²) >= 11 is 0. The normalized spacial score (nSPS) is 15.1. The Labute approximate surface area is 154 Å². The molecule has 2 heterocycles. The van der Waals surface area contributed by atoms with Gasteiger partial charge in [-0.1, -0.05) is 12.1 Å². The first kappa shape index (κ1) is 18.3. The van der Waals surface area contributed by atoms with E-state index in [2.05, 4.69) is 32.3 Å². The average Bonchev–Trinajstić information content (AvgIpc) is 2.69. The molecular weight excluding hydrogens is 330 g/mol. The molecule has 1 aromatic heterocycles. The molecule has 1 aliphatic rings. The highest BCUT2D eigenvalue weighted by molar-refractivity contribution is 5.58. The van der Waals surface area contributed by atoms with Crippen LogP contribution in [0.2, 0.25) is 0 Å². The number of nitrogens with one attached hydrogen (secondary N) is 1. The molecule has 7 nitrogen and oxygen atoms in total. The van der Waals surface area contributed by atoms with Crippen molar-refractivity contribution in [3.05, 3.63) is 46.9 Å². The van der Waals surface area contributed by atoms with Crippen LogP contribution in [-0.2, 0) is 7.05 Å². The summed E-state index contributed by atoms with van der Waals surface area (Å²) in [5.41, 5.74) is 1.70. The predicted molar refractivity (Wildman–Crippen MR) is 104 cm³/mol. The summed E-state index contributed by atoms with van der Waals surface area (Å²) < 4.78 is 6.82. The summed E-state index contributed by atoms with van der Waals surface area (Å²) in [6.07, 6.45) is 2.64. The van der Waals surface area contributed by atoms with Gasteiger partial charge in [-0.15, -0.1) is 0 Å². The van der Waals surface area contributed by atoms with Gasteiger partial charge in [-0.3, -0.25) is 9.69 Å². The number of benzene rings is 1. The van der Waals surface area contributed by atoms with Crippen LogP contribution in [0.1, 0.15) is 6.42 Å². The predicted octanol–water partition coefficient (Wildman–Crippen LogP) is 1.41. The molecule has 0 saturated carbocycles. The molecule has 3 rings (SSSR count). The quantitative estimate of drug-likeness (QED) is 0.756. The Kier molecular flexibility index (Phi) is 6.12. The second kappa shape index (κ2) is 8.71. The third kappa shape index (κ3) is 4.35. The maximum atomic E-state index is 11.9. The number of nitrogens with zero attached hydrogens (tertiary/aromatic N) is 4. The second-order valence-electron chi connectivity index (χ2n) is 6.45. The molecule has 2 aromatic rings. The van der Waals surface area contributed by atoms with Gasteiger partial charge in [-0.05, 0) is 31.2 Å². The Morgan fingerprint density at radius 3 is 2.69 bits per heavy atom. The number of hydrogen-bond donors (Lipinski definition) is 1. The van der Waals surface area contributed by atoms with E-state index in [0.29, 0.717) is 5.69 Å². The average molecular weight is 357 g/mol. The van der Waals surface area contributed by atoms with E-state index < -0.39 is 0 Å². The van der Waals surface area contributed by atoms with Crippen molar-refractivity contribution in [1.82, 2.24) is 14.7 Å². The van der Waals surface area contributed by atoms with Crippen LogP contribution in [0.15, 0.2) is 41.3 Å². The first-order chi connectivity index (χ1) is 12.7. The smallest absolute Gasteiger partial charge is 0.289 e. The molecule has 0 spiro atoms. The Hall–Kier alpha value is -2.54. The van der Waals surface area contributed by atoms with E-state index in [1.807, 2.05) is 12.1 Å². The van der Waals surface area contributed by atoms with E-state index in [9.17, 15) is 4.79 Å². The SMILES string of the molecule is COc1ccccc1N1CCN(CCCNc2ccnn(C)c2=O)CC1. The minimum atomic E-state index is -0.0853. The van der Waals surface area contributed by atoms with Gasteiger partial charge in [0.2, 0.25) is 0 Å². The summed E-state index contributed by atoms with van der Waals surface area (Å²) in [6, 6.07) is 9.92. The third-order valence-electron chi connectivity index (χ3n) is 4.77. The summed E-state index contributed by atoms with van der Waals surface area (Å²) in [6.45, 7) is 5.88. The number of para-hydroxylation sites is 2. The Balaban J connectivity index is 1.42. The molecule has 0 bridgehead atoms. The topological polar surface area (TPSA) is 62.6 Å². The van der Waals surface area contributed by atoms with E-state index in [1.165, 1.54) is 10.4 Å². The van der Waals surface area contributed by atoms with E-state index in [4.69, 9.17) is 4.74 Å². The fraction of sp³-hybridized carbons (Fsp3) is 0.474. The molecule has 7 heteroatoms. The Morgan fingerprint density at radius 2 is 1.92 bits per heavy atom. The molecule has 26 heavy (non-hydrogen) atoms. The lowest BCUT2D eigenvalue weighted by Gasteiger charge is -2.36. The van der Waals surface area contributed by atoms with Crippen molar-refractivity contribution in [2.45, 2.75) is 6.42 Å². The van der Waals surface area contributed by atoms with Crippen LogP contribution in [0.4, 0.5) is 11.4 Å². The molecule has 0 aliphatic carbocycles. The summed E-state index contributed by atoms with van der Waals surface area (Å²) in [4.78, 5) is 16.8. The number of aryl methyl sites for hydroxylation is 1. The molecule has 0 amide bonds. The van der Waals surface area contributed by atoms with Crippen molar-refractivity contribution in [3.63, 3.8) is 0 Å². The number of ether oxygens (including phenoxy) is 1. The fourth-order valence-corrected chi connectivity index (χ4v) is 3.27. The van der Waals surface area contributed by atoms with Crippen molar-refractivity contribution in [1.29, 1.82) is 0 Å². The largest absolute Gasteiger partial charge is 0.495 e. The molecule has 0 radical (unpaired) electrons. The van der Waals surface area contributed by atoms with Gasteiger partial charge < -0.3 is 15.0 Å². The number of anilines is 2. The van der Waals surface area contributed by atoms with E-state index in [-0.39, 0.29) is 5.56 Å². The highest BCUT2D eigenvalue weighted by Gasteiger charge is 2.19. The molecule has 1 N–H and O–H groups in total. The number of rotatable bonds is 7. The third-order valence-corrected chi connectivity index (χ3v) is 4.77. The minimum absolute atomic E-state index is 0.0853. The highest BCUT2D eigenvalue weighted by atomic mass is 16.5. The van der Waals surface area contributed by atoms with Gasteiger partial charge in [0.1, 0.15) is 11.4 Å². The molecular formula is C19H27N5O2. The van der Waals surface area contributed by atoms with Crippen LogP contribution >= 0.6 is 0 Å². The zero-order valence-corrected chi connectivity index (χ0v) is 15.5. The van der Waals surface area contributed by atoms with Crippen LogP contribution in [0.5, 0.6) is 5.75 Å². The van der Waals surface area contributed by atoms with E-state index >= 15 is 0 Å². The molecule has 0 unspecified atom stereocenters. The molecule has 1 aliphatic heterocycles.